The summed E-state index contributed by atoms with van der Waals surface area (Å²) in [4.78, 5) is 15.8. The molecule has 0 aromatic carbocycles. The Hall–Kier alpha value is -1.16. The zero-order chi connectivity index (χ0) is 10.7. The monoisotopic (exact) mass is 207 g/mol. The van der Waals surface area contributed by atoms with Gasteiger partial charge in [0.1, 0.15) is 0 Å². The van der Waals surface area contributed by atoms with Gasteiger partial charge >= 0.3 is 0 Å². The third-order valence-electron chi connectivity index (χ3n) is 2.72. The highest BCUT2D eigenvalue weighted by Gasteiger charge is 2.21. The molecule has 1 fully saturated rings. The van der Waals surface area contributed by atoms with E-state index in [4.69, 9.17) is 0 Å². The van der Waals surface area contributed by atoms with E-state index >= 15 is 0 Å². The summed E-state index contributed by atoms with van der Waals surface area (Å²) in [6.07, 6.45) is 6.14. The summed E-state index contributed by atoms with van der Waals surface area (Å²) in [6, 6.07) is 0. The quantitative estimate of drug-likeness (QED) is 0.710. The standard InChI is InChI=1S/C11H17N3O/c1-2-14-6-5-13-11(14)10(15)8-12-7-9-3-4-9/h5-6,9,12H,2-4,7-8H2,1H3. The number of aromatic nitrogens is 2. The van der Waals surface area contributed by atoms with Crippen LogP contribution in [-0.2, 0) is 6.54 Å². The van der Waals surface area contributed by atoms with Gasteiger partial charge < -0.3 is 9.88 Å². The molecule has 1 aliphatic rings. The number of nitrogens with zero attached hydrogens (tertiary/aromatic N) is 2. The Morgan fingerprint density at radius 1 is 1.67 bits per heavy atom. The van der Waals surface area contributed by atoms with E-state index in [0.717, 1.165) is 19.0 Å². The summed E-state index contributed by atoms with van der Waals surface area (Å²) in [5.74, 6) is 1.46. The highest BCUT2D eigenvalue weighted by Crippen LogP contribution is 2.27. The number of carbonyl (C=O) groups is 1. The molecule has 0 saturated heterocycles. The number of nitrogens with one attached hydrogen (secondary N) is 1. The van der Waals surface area contributed by atoms with Crippen molar-refractivity contribution in [2.24, 2.45) is 5.92 Å². The van der Waals surface area contributed by atoms with Gasteiger partial charge in [-0.05, 0) is 32.2 Å². The molecule has 1 heterocycles. The molecule has 0 aliphatic heterocycles. The first-order valence-corrected chi connectivity index (χ1v) is 5.56. The molecule has 4 nitrogen and oxygen atoms in total. The van der Waals surface area contributed by atoms with Crippen LogP contribution in [0.15, 0.2) is 12.4 Å². The first-order chi connectivity index (χ1) is 7.31. The maximum atomic E-state index is 11.7. The zero-order valence-corrected chi connectivity index (χ0v) is 9.07. The zero-order valence-electron chi connectivity index (χ0n) is 9.07. The molecule has 0 bridgehead atoms. The number of Topliss-reactive ketones (excluding diaryl/α,β-unsaturated/α-hetero) is 1. The lowest BCUT2D eigenvalue weighted by molar-refractivity contribution is 0.0977. The van der Waals surface area contributed by atoms with Gasteiger partial charge in [0.2, 0.25) is 5.78 Å². The molecule has 15 heavy (non-hydrogen) atoms. The summed E-state index contributed by atoms with van der Waals surface area (Å²) in [7, 11) is 0. The van der Waals surface area contributed by atoms with Gasteiger partial charge in [0.15, 0.2) is 5.82 Å². The van der Waals surface area contributed by atoms with Crippen molar-refractivity contribution in [1.29, 1.82) is 0 Å². The van der Waals surface area contributed by atoms with E-state index in [9.17, 15) is 4.79 Å². The molecule has 2 rings (SSSR count). The Labute approximate surface area is 89.7 Å². The number of hydrogen-bond donors (Lipinski definition) is 1. The number of carbonyl (C=O) groups excluding carboxylic acids is 1. The minimum atomic E-state index is 0.0856. The van der Waals surface area contributed by atoms with Gasteiger partial charge in [0, 0.05) is 18.9 Å². The van der Waals surface area contributed by atoms with E-state index in [1.165, 1.54) is 12.8 Å². The molecule has 0 atom stereocenters. The number of hydrogen-bond acceptors (Lipinski definition) is 3. The predicted molar refractivity (Wildman–Crippen MR) is 57.8 cm³/mol. The summed E-state index contributed by atoms with van der Waals surface area (Å²) >= 11 is 0. The molecule has 82 valence electrons. The maximum absolute atomic E-state index is 11.7. The van der Waals surface area contributed by atoms with Crippen LogP contribution < -0.4 is 5.32 Å². The van der Waals surface area contributed by atoms with E-state index in [1.54, 1.807) is 6.20 Å². The normalized spacial score (nSPS) is 15.5. The maximum Gasteiger partial charge on any atom is 0.211 e. The van der Waals surface area contributed by atoms with E-state index in [0.29, 0.717) is 12.4 Å². The first kappa shape index (κ1) is 10.4. The predicted octanol–water partition coefficient (Wildman–Crippen LogP) is 1.09. The Kier molecular flexibility index (Phi) is 3.16. The van der Waals surface area contributed by atoms with Crippen molar-refractivity contribution in [3.8, 4) is 0 Å². The molecule has 1 saturated carbocycles. The summed E-state index contributed by atoms with van der Waals surface area (Å²) in [6.45, 7) is 4.19. The van der Waals surface area contributed by atoms with E-state index < -0.39 is 0 Å². The summed E-state index contributed by atoms with van der Waals surface area (Å²) in [5, 5.41) is 3.18. The van der Waals surface area contributed by atoms with Crippen LogP contribution in [-0.4, -0.2) is 28.4 Å². The van der Waals surface area contributed by atoms with Crippen LogP contribution in [0.4, 0.5) is 0 Å². The molecule has 1 aromatic rings. The fraction of sp³-hybridized carbons (Fsp3) is 0.636. The fourth-order valence-electron chi connectivity index (χ4n) is 1.61. The minimum Gasteiger partial charge on any atom is -0.329 e. The number of imidazole rings is 1. The van der Waals surface area contributed by atoms with Crippen molar-refractivity contribution in [1.82, 2.24) is 14.9 Å². The van der Waals surface area contributed by atoms with E-state index in [2.05, 4.69) is 10.3 Å². The van der Waals surface area contributed by atoms with Gasteiger partial charge in [-0.1, -0.05) is 0 Å². The average Bonchev–Trinajstić information content (AvgIpc) is 2.94. The Morgan fingerprint density at radius 2 is 2.47 bits per heavy atom. The molecule has 1 aliphatic carbocycles. The lowest BCUT2D eigenvalue weighted by atomic mass is 10.3. The van der Waals surface area contributed by atoms with E-state index in [-0.39, 0.29) is 5.78 Å². The molecule has 1 aromatic heterocycles. The van der Waals surface area contributed by atoms with Crippen LogP contribution in [0, 0.1) is 5.92 Å². The molecule has 0 unspecified atom stereocenters. The minimum absolute atomic E-state index is 0.0856. The van der Waals surface area contributed by atoms with Crippen LogP contribution in [0.5, 0.6) is 0 Å². The average molecular weight is 207 g/mol. The SMILES string of the molecule is CCn1ccnc1C(=O)CNCC1CC1. The summed E-state index contributed by atoms with van der Waals surface area (Å²) < 4.78 is 1.88. The van der Waals surface area contributed by atoms with Crippen LogP contribution >= 0.6 is 0 Å². The molecular formula is C11H17N3O. The van der Waals surface area contributed by atoms with Crippen molar-refractivity contribution in [3.05, 3.63) is 18.2 Å². The highest BCUT2D eigenvalue weighted by atomic mass is 16.1. The molecule has 0 spiro atoms. The number of aryl methyl sites for hydroxylation is 1. The largest absolute Gasteiger partial charge is 0.329 e. The van der Waals surface area contributed by atoms with Crippen LogP contribution in [0.25, 0.3) is 0 Å². The van der Waals surface area contributed by atoms with Crippen molar-refractivity contribution in [3.63, 3.8) is 0 Å². The Morgan fingerprint density at radius 3 is 3.13 bits per heavy atom. The van der Waals surface area contributed by atoms with Crippen molar-refractivity contribution in [2.75, 3.05) is 13.1 Å². The molecule has 4 heteroatoms. The lowest BCUT2D eigenvalue weighted by Gasteiger charge is -2.04. The van der Waals surface area contributed by atoms with E-state index in [1.807, 2.05) is 17.7 Å². The first-order valence-electron chi connectivity index (χ1n) is 5.56. The molecule has 1 N–H and O–H groups in total. The second-order valence-corrected chi connectivity index (χ2v) is 4.03. The third kappa shape index (κ3) is 2.65. The van der Waals surface area contributed by atoms with Crippen molar-refractivity contribution >= 4 is 5.78 Å². The van der Waals surface area contributed by atoms with Gasteiger partial charge in [-0.25, -0.2) is 4.98 Å². The molecule has 0 radical (unpaired) electrons. The second kappa shape index (κ2) is 4.57. The van der Waals surface area contributed by atoms with Gasteiger partial charge in [-0.3, -0.25) is 4.79 Å². The molecule has 0 amide bonds. The Balaban J connectivity index is 1.83. The van der Waals surface area contributed by atoms with Gasteiger partial charge in [-0.15, -0.1) is 0 Å². The fourth-order valence-corrected chi connectivity index (χ4v) is 1.61. The van der Waals surface area contributed by atoms with Gasteiger partial charge in [0.05, 0.1) is 6.54 Å². The lowest BCUT2D eigenvalue weighted by Crippen LogP contribution is -2.27. The highest BCUT2D eigenvalue weighted by molar-refractivity contribution is 5.94. The van der Waals surface area contributed by atoms with Gasteiger partial charge in [0.25, 0.3) is 0 Å². The second-order valence-electron chi connectivity index (χ2n) is 4.03. The molecular weight excluding hydrogens is 190 g/mol. The topological polar surface area (TPSA) is 46.9 Å². The number of rotatable bonds is 6. The van der Waals surface area contributed by atoms with Crippen LogP contribution in [0.3, 0.4) is 0 Å². The van der Waals surface area contributed by atoms with Crippen molar-refractivity contribution in [2.45, 2.75) is 26.3 Å². The van der Waals surface area contributed by atoms with Crippen LogP contribution in [0.1, 0.15) is 30.4 Å². The van der Waals surface area contributed by atoms with Crippen molar-refractivity contribution < 1.29 is 4.79 Å². The van der Waals surface area contributed by atoms with Crippen LogP contribution in [0.2, 0.25) is 0 Å². The number of ketones is 1. The third-order valence-corrected chi connectivity index (χ3v) is 2.72. The Bertz CT molecular complexity index is 341. The smallest absolute Gasteiger partial charge is 0.211 e. The van der Waals surface area contributed by atoms with Gasteiger partial charge in [-0.2, -0.15) is 0 Å². The summed E-state index contributed by atoms with van der Waals surface area (Å²) in [5.41, 5.74) is 0.